The summed E-state index contributed by atoms with van der Waals surface area (Å²) in [4.78, 5) is 25.5. The molecule has 0 spiro atoms. The van der Waals surface area contributed by atoms with Crippen molar-refractivity contribution < 1.29 is 23.1 Å². The van der Waals surface area contributed by atoms with Crippen LogP contribution in [0, 0.1) is 5.92 Å². The molecule has 0 heterocycles. The fourth-order valence-electron chi connectivity index (χ4n) is 2.50. The number of aliphatic carboxylic acids is 1. The maximum Gasteiger partial charge on any atom is 0.308 e. The molecular weight excluding hydrogens is 344 g/mol. The molecule has 0 radical (unpaired) electrons. The van der Waals surface area contributed by atoms with Gasteiger partial charge in [-0.1, -0.05) is 13.0 Å². The van der Waals surface area contributed by atoms with Crippen molar-refractivity contribution in [2.75, 3.05) is 6.54 Å². The van der Waals surface area contributed by atoms with Crippen molar-refractivity contribution >= 4 is 21.9 Å². The van der Waals surface area contributed by atoms with Gasteiger partial charge in [0.05, 0.1) is 10.8 Å². The number of carbonyl (C=O) groups is 2. The van der Waals surface area contributed by atoms with Crippen LogP contribution in [0.2, 0.25) is 0 Å². The summed E-state index contributed by atoms with van der Waals surface area (Å²) in [5, 5.41) is 9.09. The Labute approximate surface area is 148 Å². The summed E-state index contributed by atoms with van der Waals surface area (Å²) in [6.07, 6.45) is 1.68. The number of benzene rings is 1. The number of nitrogens with zero attached hydrogens (tertiary/aromatic N) is 1. The first-order valence-corrected chi connectivity index (χ1v) is 9.76. The standard InChI is InChI=1S/C17H24N2O5S/c1-11(2)18-25(23,24)15-6-4-5-13(9-15)16(20)19(14-7-8-14)10-12(3)17(21)22/h4-6,9,11-12,14,18H,7-8,10H2,1-3H3,(H,21,22). The van der Waals surface area contributed by atoms with Crippen LogP contribution >= 0.6 is 0 Å². The van der Waals surface area contributed by atoms with Crippen LogP contribution in [-0.2, 0) is 14.8 Å². The summed E-state index contributed by atoms with van der Waals surface area (Å²) in [7, 11) is -3.70. The number of hydrogen-bond donors (Lipinski definition) is 2. The van der Waals surface area contributed by atoms with E-state index in [-0.39, 0.29) is 35.0 Å². The topological polar surface area (TPSA) is 104 Å². The van der Waals surface area contributed by atoms with Gasteiger partial charge in [-0.2, -0.15) is 0 Å². The van der Waals surface area contributed by atoms with E-state index >= 15 is 0 Å². The molecule has 1 fully saturated rings. The van der Waals surface area contributed by atoms with Crippen molar-refractivity contribution in [1.29, 1.82) is 0 Å². The minimum Gasteiger partial charge on any atom is -0.481 e. The second-order valence-electron chi connectivity index (χ2n) is 6.73. The molecule has 7 nitrogen and oxygen atoms in total. The number of amides is 1. The zero-order valence-electron chi connectivity index (χ0n) is 14.6. The van der Waals surface area contributed by atoms with Crippen LogP contribution in [0.25, 0.3) is 0 Å². The highest BCUT2D eigenvalue weighted by Crippen LogP contribution is 2.29. The van der Waals surface area contributed by atoms with Gasteiger partial charge in [0.15, 0.2) is 0 Å². The Hall–Kier alpha value is -1.93. The van der Waals surface area contributed by atoms with Crippen molar-refractivity contribution in [3.8, 4) is 0 Å². The Morgan fingerprint density at radius 2 is 1.92 bits per heavy atom. The molecule has 1 atom stereocenters. The summed E-state index contributed by atoms with van der Waals surface area (Å²) in [6, 6.07) is 5.62. The van der Waals surface area contributed by atoms with Crippen LogP contribution < -0.4 is 4.72 Å². The quantitative estimate of drug-likeness (QED) is 0.727. The van der Waals surface area contributed by atoms with Crippen LogP contribution in [0.15, 0.2) is 29.2 Å². The van der Waals surface area contributed by atoms with Gasteiger partial charge in [-0.05, 0) is 44.9 Å². The molecule has 0 aromatic heterocycles. The number of sulfonamides is 1. The number of nitrogens with one attached hydrogen (secondary N) is 1. The molecule has 1 amide bonds. The summed E-state index contributed by atoms with van der Waals surface area (Å²) in [5.74, 6) is -1.98. The summed E-state index contributed by atoms with van der Waals surface area (Å²) in [6.45, 7) is 5.10. The van der Waals surface area contributed by atoms with Crippen LogP contribution in [0.1, 0.15) is 44.0 Å². The number of carboxylic acid groups (broad SMARTS) is 1. The highest BCUT2D eigenvalue weighted by Gasteiger charge is 2.35. The average molecular weight is 368 g/mol. The van der Waals surface area contributed by atoms with Crippen molar-refractivity contribution in [1.82, 2.24) is 9.62 Å². The van der Waals surface area contributed by atoms with Gasteiger partial charge in [0.25, 0.3) is 5.91 Å². The van der Waals surface area contributed by atoms with E-state index in [0.29, 0.717) is 0 Å². The van der Waals surface area contributed by atoms with Gasteiger partial charge >= 0.3 is 5.97 Å². The number of rotatable bonds is 8. The average Bonchev–Trinajstić information content (AvgIpc) is 3.35. The molecule has 2 N–H and O–H groups in total. The molecule has 1 aromatic carbocycles. The van der Waals surface area contributed by atoms with Crippen LogP contribution in [0.3, 0.4) is 0 Å². The lowest BCUT2D eigenvalue weighted by Gasteiger charge is -2.24. The predicted molar refractivity (Wildman–Crippen MR) is 92.8 cm³/mol. The first kappa shape index (κ1) is 19.4. The molecule has 0 saturated heterocycles. The third kappa shape index (κ3) is 5.02. The smallest absolute Gasteiger partial charge is 0.308 e. The highest BCUT2D eigenvalue weighted by molar-refractivity contribution is 7.89. The highest BCUT2D eigenvalue weighted by atomic mass is 32.2. The molecule has 0 bridgehead atoms. The van der Waals surface area contributed by atoms with Crippen LogP contribution in [-0.4, -0.2) is 48.9 Å². The molecule has 1 unspecified atom stereocenters. The zero-order chi connectivity index (χ0) is 18.8. The molecule has 2 rings (SSSR count). The fourth-order valence-corrected chi connectivity index (χ4v) is 3.79. The third-order valence-corrected chi connectivity index (χ3v) is 5.58. The van der Waals surface area contributed by atoms with Crippen molar-refractivity contribution in [3.63, 3.8) is 0 Å². The van der Waals surface area contributed by atoms with Gasteiger partial charge < -0.3 is 10.0 Å². The maximum atomic E-state index is 12.8. The Morgan fingerprint density at radius 3 is 2.44 bits per heavy atom. The van der Waals surface area contributed by atoms with Gasteiger partial charge in [0, 0.05) is 24.2 Å². The summed E-state index contributed by atoms with van der Waals surface area (Å²) < 4.78 is 27.1. The third-order valence-electron chi connectivity index (χ3n) is 3.92. The largest absolute Gasteiger partial charge is 0.481 e. The zero-order valence-corrected chi connectivity index (χ0v) is 15.4. The fraction of sp³-hybridized carbons (Fsp3) is 0.529. The molecule has 1 aromatic rings. The Morgan fingerprint density at radius 1 is 1.28 bits per heavy atom. The number of carbonyl (C=O) groups excluding carboxylic acids is 1. The Balaban J connectivity index is 2.26. The van der Waals surface area contributed by atoms with Crippen LogP contribution in [0.4, 0.5) is 0 Å². The number of carboxylic acids is 1. The first-order valence-electron chi connectivity index (χ1n) is 8.28. The lowest BCUT2D eigenvalue weighted by atomic mass is 10.1. The lowest BCUT2D eigenvalue weighted by Crippen LogP contribution is -2.38. The van der Waals surface area contributed by atoms with E-state index in [2.05, 4.69) is 4.72 Å². The molecular formula is C17H24N2O5S. The molecule has 1 saturated carbocycles. The summed E-state index contributed by atoms with van der Waals surface area (Å²) >= 11 is 0. The van der Waals surface area contributed by atoms with Gasteiger partial charge in [-0.3, -0.25) is 9.59 Å². The Bertz CT molecular complexity index is 756. The minimum absolute atomic E-state index is 0.0223. The second-order valence-corrected chi connectivity index (χ2v) is 8.45. The van der Waals surface area contributed by atoms with Gasteiger partial charge in [-0.15, -0.1) is 0 Å². The molecule has 0 aliphatic heterocycles. The normalized spacial score (nSPS) is 15.8. The Kier molecular flexibility index (Phi) is 5.84. The molecule has 8 heteroatoms. The molecule has 25 heavy (non-hydrogen) atoms. The molecule has 1 aliphatic carbocycles. The first-order chi connectivity index (χ1) is 11.6. The monoisotopic (exact) mass is 368 g/mol. The predicted octanol–water partition coefficient (Wildman–Crippen LogP) is 1.70. The van der Waals surface area contributed by atoms with E-state index in [1.165, 1.54) is 18.2 Å². The van der Waals surface area contributed by atoms with E-state index in [4.69, 9.17) is 5.11 Å². The van der Waals surface area contributed by atoms with E-state index in [9.17, 15) is 18.0 Å². The second kappa shape index (κ2) is 7.53. The maximum absolute atomic E-state index is 12.8. The van der Waals surface area contributed by atoms with Crippen molar-refractivity contribution in [3.05, 3.63) is 29.8 Å². The molecule has 138 valence electrons. The minimum atomic E-state index is -3.70. The van der Waals surface area contributed by atoms with Crippen LogP contribution in [0.5, 0.6) is 0 Å². The van der Waals surface area contributed by atoms with E-state index in [0.717, 1.165) is 12.8 Å². The summed E-state index contributed by atoms with van der Waals surface area (Å²) in [5.41, 5.74) is 0.246. The van der Waals surface area contributed by atoms with Crippen molar-refractivity contribution in [2.45, 2.75) is 50.6 Å². The number of hydrogen-bond acceptors (Lipinski definition) is 4. The van der Waals surface area contributed by atoms with E-state index in [1.54, 1.807) is 31.7 Å². The van der Waals surface area contributed by atoms with Gasteiger partial charge in [0.2, 0.25) is 10.0 Å². The van der Waals surface area contributed by atoms with Gasteiger partial charge in [-0.25, -0.2) is 13.1 Å². The van der Waals surface area contributed by atoms with E-state index < -0.39 is 21.9 Å². The molecule has 1 aliphatic rings. The van der Waals surface area contributed by atoms with Crippen molar-refractivity contribution in [2.24, 2.45) is 5.92 Å². The SMILES string of the molecule is CC(C)NS(=O)(=O)c1cccc(C(=O)N(CC(C)C(=O)O)C2CC2)c1. The van der Waals surface area contributed by atoms with E-state index in [1.807, 2.05) is 0 Å². The van der Waals surface area contributed by atoms with Gasteiger partial charge in [0.1, 0.15) is 0 Å². The lowest BCUT2D eigenvalue weighted by molar-refractivity contribution is -0.141.